The largest absolute Gasteiger partial charge is 0.497 e. The van der Waals surface area contributed by atoms with Gasteiger partial charge in [-0.25, -0.2) is 0 Å². The second kappa shape index (κ2) is 8.12. The van der Waals surface area contributed by atoms with E-state index < -0.39 is 6.10 Å². The van der Waals surface area contributed by atoms with Crippen molar-refractivity contribution < 1.29 is 14.6 Å². The minimum absolute atomic E-state index is 0.260. The average molecular weight is 281 g/mol. The molecule has 4 heteroatoms. The van der Waals surface area contributed by atoms with Gasteiger partial charge in [-0.05, 0) is 36.1 Å². The van der Waals surface area contributed by atoms with Crippen molar-refractivity contribution in [3.8, 4) is 11.5 Å². The molecule has 0 heterocycles. The van der Waals surface area contributed by atoms with E-state index in [1.54, 1.807) is 7.11 Å². The van der Waals surface area contributed by atoms with E-state index in [9.17, 15) is 5.11 Å². The highest BCUT2D eigenvalue weighted by Gasteiger charge is 2.15. The van der Waals surface area contributed by atoms with Crippen molar-refractivity contribution in [1.29, 1.82) is 0 Å². The summed E-state index contributed by atoms with van der Waals surface area (Å²) >= 11 is 0. The van der Waals surface area contributed by atoms with Gasteiger partial charge >= 0.3 is 0 Å². The molecule has 1 atom stereocenters. The molecule has 0 bridgehead atoms. The third kappa shape index (κ3) is 6.26. The number of aliphatic hydroxyl groups is 1. The molecule has 114 valence electrons. The van der Waals surface area contributed by atoms with Crippen molar-refractivity contribution in [2.45, 2.75) is 33.3 Å². The average Bonchev–Trinajstić information content (AvgIpc) is 2.45. The van der Waals surface area contributed by atoms with Crippen LogP contribution in [0.4, 0.5) is 0 Å². The van der Waals surface area contributed by atoms with Crippen LogP contribution in [-0.4, -0.2) is 38.0 Å². The third-order valence-electron chi connectivity index (χ3n) is 3.44. The zero-order valence-corrected chi connectivity index (χ0v) is 13.0. The van der Waals surface area contributed by atoms with Gasteiger partial charge in [-0.2, -0.15) is 0 Å². The van der Waals surface area contributed by atoms with Gasteiger partial charge in [-0.3, -0.25) is 0 Å². The van der Waals surface area contributed by atoms with Crippen LogP contribution < -0.4 is 14.8 Å². The highest BCUT2D eigenvalue weighted by atomic mass is 16.5. The molecule has 0 saturated heterocycles. The maximum absolute atomic E-state index is 9.87. The number of benzene rings is 1. The van der Waals surface area contributed by atoms with Gasteiger partial charge in [0.1, 0.15) is 24.2 Å². The lowest BCUT2D eigenvalue weighted by Crippen LogP contribution is -2.36. The number of nitrogens with one attached hydrogen (secondary N) is 1. The molecule has 4 nitrogen and oxygen atoms in total. The first-order valence-electron chi connectivity index (χ1n) is 7.12. The number of rotatable bonds is 9. The summed E-state index contributed by atoms with van der Waals surface area (Å²) in [6.45, 7) is 8.31. The smallest absolute Gasteiger partial charge is 0.119 e. The molecule has 1 unspecified atom stereocenters. The lowest BCUT2D eigenvalue weighted by atomic mass is 9.90. The zero-order valence-electron chi connectivity index (χ0n) is 13.0. The van der Waals surface area contributed by atoms with Crippen molar-refractivity contribution >= 4 is 0 Å². The molecule has 0 amide bonds. The topological polar surface area (TPSA) is 50.7 Å². The minimum atomic E-state index is -0.509. The van der Waals surface area contributed by atoms with Gasteiger partial charge in [-0.15, -0.1) is 0 Å². The van der Waals surface area contributed by atoms with E-state index in [0.717, 1.165) is 24.5 Å². The SMILES string of the molecule is CCC(C)(C)CNCC(O)COc1ccc(OC)cc1. The van der Waals surface area contributed by atoms with Crippen LogP contribution in [0.2, 0.25) is 0 Å². The van der Waals surface area contributed by atoms with Crippen molar-refractivity contribution in [3.05, 3.63) is 24.3 Å². The fraction of sp³-hybridized carbons (Fsp3) is 0.625. The van der Waals surface area contributed by atoms with Gasteiger partial charge in [0.25, 0.3) is 0 Å². The summed E-state index contributed by atoms with van der Waals surface area (Å²) in [6.07, 6.45) is 0.600. The van der Waals surface area contributed by atoms with E-state index in [0.29, 0.717) is 6.54 Å². The van der Waals surface area contributed by atoms with Gasteiger partial charge in [0, 0.05) is 13.1 Å². The molecule has 0 saturated carbocycles. The zero-order chi connectivity index (χ0) is 15.0. The third-order valence-corrected chi connectivity index (χ3v) is 3.44. The summed E-state index contributed by atoms with van der Waals surface area (Å²) in [5, 5.41) is 13.1. The maximum atomic E-state index is 9.87. The van der Waals surface area contributed by atoms with Gasteiger partial charge in [0.15, 0.2) is 0 Å². The van der Waals surface area contributed by atoms with Crippen LogP contribution >= 0.6 is 0 Å². The Morgan fingerprint density at radius 1 is 1.20 bits per heavy atom. The Hall–Kier alpha value is -1.26. The van der Waals surface area contributed by atoms with Crippen LogP contribution in [0.1, 0.15) is 27.2 Å². The second-order valence-corrected chi connectivity index (χ2v) is 5.79. The molecule has 1 aromatic rings. The molecular formula is C16H27NO3. The predicted molar refractivity (Wildman–Crippen MR) is 81.4 cm³/mol. The van der Waals surface area contributed by atoms with Crippen LogP contribution in [0.5, 0.6) is 11.5 Å². The van der Waals surface area contributed by atoms with E-state index in [1.165, 1.54) is 0 Å². The summed E-state index contributed by atoms with van der Waals surface area (Å²) in [5.41, 5.74) is 0.260. The molecule has 0 radical (unpaired) electrons. The molecule has 0 spiro atoms. The number of aliphatic hydroxyl groups excluding tert-OH is 1. The van der Waals surface area contributed by atoms with E-state index in [-0.39, 0.29) is 12.0 Å². The fourth-order valence-electron chi connectivity index (χ4n) is 1.63. The Morgan fingerprint density at radius 3 is 2.35 bits per heavy atom. The molecule has 1 rings (SSSR count). The minimum Gasteiger partial charge on any atom is -0.497 e. The number of hydrogen-bond acceptors (Lipinski definition) is 4. The Morgan fingerprint density at radius 2 is 1.80 bits per heavy atom. The first kappa shape index (κ1) is 16.8. The van der Waals surface area contributed by atoms with Crippen LogP contribution in [0.15, 0.2) is 24.3 Å². The summed E-state index contributed by atoms with van der Waals surface area (Å²) < 4.78 is 10.6. The van der Waals surface area contributed by atoms with E-state index in [2.05, 4.69) is 26.1 Å². The predicted octanol–water partition coefficient (Wildman–Crippen LogP) is 2.46. The van der Waals surface area contributed by atoms with E-state index in [1.807, 2.05) is 24.3 Å². The Bertz CT molecular complexity index is 376. The lowest BCUT2D eigenvalue weighted by molar-refractivity contribution is 0.103. The summed E-state index contributed by atoms with van der Waals surface area (Å²) in [4.78, 5) is 0. The second-order valence-electron chi connectivity index (χ2n) is 5.79. The van der Waals surface area contributed by atoms with Gasteiger partial charge in [0.05, 0.1) is 7.11 Å². The molecule has 0 aliphatic heterocycles. The van der Waals surface area contributed by atoms with Crippen LogP contribution in [0.25, 0.3) is 0 Å². The number of hydrogen-bond donors (Lipinski definition) is 2. The normalized spacial score (nSPS) is 13.1. The van der Waals surface area contributed by atoms with Crippen LogP contribution in [0, 0.1) is 5.41 Å². The van der Waals surface area contributed by atoms with E-state index >= 15 is 0 Å². The van der Waals surface area contributed by atoms with Gasteiger partial charge < -0.3 is 19.9 Å². The van der Waals surface area contributed by atoms with Crippen molar-refractivity contribution in [2.75, 3.05) is 26.8 Å². The molecule has 0 aliphatic rings. The van der Waals surface area contributed by atoms with Gasteiger partial charge in [-0.1, -0.05) is 20.8 Å². The first-order chi connectivity index (χ1) is 9.46. The number of methoxy groups -OCH3 is 1. The quantitative estimate of drug-likeness (QED) is 0.730. The van der Waals surface area contributed by atoms with Crippen LogP contribution in [0.3, 0.4) is 0 Å². The van der Waals surface area contributed by atoms with Crippen molar-refractivity contribution in [2.24, 2.45) is 5.41 Å². The van der Waals surface area contributed by atoms with E-state index in [4.69, 9.17) is 9.47 Å². The van der Waals surface area contributed by atoms with Crippen LogP contribution in [-0.2, 0) is 0 Å². The fourth-order valence-corrected chi connectivity index (χ4v) is 1.63. The highest BCUT2D eigenvalue weighted by Crippen LogP contribution is 2.18. The number of ether oxygens (including phenoxy) is 2. The summed E-state index contributed by atoms with van der Waals surface area (Å²) in [5.74, 6) is 1.53. The molecule has 0 aliphatic carbocycles. The van der Waals surface area contributed by atoms with Crippen molar-refractivity contribution in [3.63, 3.8) is 0 Å². The van der Waals surface area contributed by atoms with Crippen molar-refractivity contribution in [1.82, 2.24) is 5.32 Å². The Labute approximate surface area is 122 Å². The highest BCUT2D eigenvalue weighted by molar-refractivity contribution is 5.31. The standard InChI is InChI=1S/C16H27NO3/c1-5-16(2,3)12-17-10-13(18)11-20-15-8-6-14(19-4)7-9-15/h6-9,13,17-18H,5,10-12H2,1-4H3. The molecule has 0 aromatic heterocycles. The summed E-state index contributed by atoms with van der Waals surface area (Å²) in [6, 6.07) is 7.34. The molecule has 0 fully saturated rings. The maximum Gasteiger partial charge on any atom is 0.119 e. The summed E-state index contributed by atoms with van der Waals surface area (Å²) in [7, 11) is 1.63. The monoisotopic (exact) mass is 281 g/mol. The Kier molecular flexibility index (Phi) is 6.82. The molecule has 2 N–H and O–H groups in total. The Balaban J connectivity index is 2.23. The van der Waals surface area contributed by atoms with Gasteiger partial charge in [0.2, 0.25) is 0 Å². The molecule has 1 aromatic carbocycles. The molecule has 20 heavy (non-hydrogen) atoms. The molecular weight excluding hydrogens is 254 g/mol. The lowest BCUT2D eigenvalue weighted by Gasteiger charge is -2.24. The first-order valence-corrected chi connectivity index (χ1v) is 7.12.